The second kappa shape index (κ2) is 20.2. The van der Waals surface area contributed by atoms with Crippen LogP contribution in [0, 0.1) is 34.3 Å². The highest BCUT2D eigenvalue weighted by atomic mass is 19.1. The second-order valence-electron chi connectivity index (χ2n) is 22.6. The number of pyridine rings is 2. The number of fused-ring (bicyclic) bond motifs is 2. The monoisotopic (exact) mass is 1050 g/mol. The minimum Gasteiger partial charge on any atom is -0.492 e. The van der Waals surface area contributed by atoms with Crippen LogP contribution in [0.5, 0.6) is 5.75 Å². The zero-order chi connectivity index (χ0) is 53.2. The maximum Gasteiger partial charge on any atom is 0.255 e. The summed E-state index contributed by atoms with van der Waals surface area (Å²) in [6.07, 6.45) is 12.6. The maximum absolute atomic E-state index is 15.0. The van der Waals surface area contributed by atoms with Crippen molar-refractivity contribution in [1.82, 2.24) is 44.8 Å². The van der Waals surface area contributed by atoms with E-state index in [2.05, 4.69) is 47.5 Å². The van der Waals surface area contributed by atoms with E-state index in [1.165, 1.54) is 6.20 Å². The third-order valence-electron chi connectivity index (χ3n) is 18.0. The van der Waals surface area contributed by atoms with Gasteiger partial charge in [-0.25, -0.2) is 18.3 Å². The smallest absolute Gasteiger partial charge is 0.255 e. The van der Waals surface area contributed by atoms with Gasteiger partial charge in [-0.15, -0.1) is 0 Å². The summed E-state index contributed by atoms with van der Waals surface area (Å²) in [7, 11) is 0. The van der Waals surface area contributed by atoms with E-state index in [1.807, 2.05) is 37.3 Å². The molecule has 2 aromatic carbocycles. The van der Waals surface area contributed by atoms with Crippen molar-refractivity contribution in [2.75, 3.05) is 70.4 Å². The first-order valence-corrected chi connectivity index (χ1v) is 27.3. The van der Waals surface area contributed by atoms with Crippen LogP contribution in [0.4, 0.5) is 14.6 Å². The van der Waals surface area contributed by atoms with E-state index in [1.54, 1.807) is 21.8 Å². The lowest BCUT2D eigenvalue weighted by Gasteiger charge is -2.61. The number of anilines is 1. The van der Waals surface area contributed by atoms with E-state index in [0.29, 0.717) is 93.6 Å². The van der Waals surface area contributed by atoms with Gasteiger partial charge in [0.2, 0.25) is 17.7 Å². The molecule has 0 radical (unpaired) electrons. The zero-order valence-electron chi connectivity index (χ0n) is 43.3. The molecule has 8 heterocycles. The van der Waals surface area contributed by atoms with Gasteiger partial charge in [0, 0.05) is 107 Å². The Morgan fingerprint density at radius 1 is 0.883 bits per heavy atom. The van der Waals surface area contributed by atoms with Crippen LogP contribution < -0.4 is 20.3 Å². The maximum atomic E-state index is 15.0. The summed E-state index contributed by atoms with van der Waals surface area (Å²) in [4.78, 5) is 80.8. The van der Waals surface area contributed by atoms with E-state index >= 15 is 0 Å². The molecule has 400 valence electrons. The van der Waals surface area contributed by atoms with Crippen molar-refractivity contribution in [3.05, 3.63) is 113 Å². The van der Waals surface area contributed by atoms with Gasteiger partial charge in [0.1, 0.15) is 35.3 Å². The van der Waals surface area contributed by atoms with Crippen molar-refractivity contribution in [2.24, 2.45) is 11.3 Å². The molecule has 4 saturated heterocycles. The van der Waals surface area contributed by atoms with Crippen LogP contribution in [-0.2, 0) is 20.9 Å². The Hall–Kier alpha value is -7.30. The summed E-state index contributed by atoms with van der Waals surface area (Å²) in [6, 6.07) is 16.9. The molecule has 1 spiro atoms. The highest BCUT2D eigenvalue weighted by Crippen LogP contribution is 2.60. The summed E-state index contributed by atoms with van der Waals surface area (Å²) in [5, 5.41) is 19.8. The standard InChI is InChI=1S/C58H63F2N11O6/c1-2-77-44-25-46(52-41(30-61)32-63-71(52)34-44)38-4-9-50(62-31-38)68-17-13-58(14-18-68,65-53(73)47-24-42(59)5-7-48(47)60)35-66-19-21-67(22-20-66)43-28-57(29-43)26-40(27-57)55(75)69-15-11-36(12-16-69)37-3-6-45-39(23-37)33-70(56(45)76)49-8-10-51(72)64-54(49)74/h3-7,9,23-25,31-32,34,36,40,43,49H,2,8,10-22,26-29,33,35H2,1H3,(H,65,73)(H,64,72,74). The number of imide groups is 1. The lowest BCUT2D eigenvalue weighted by atomic mass is 9.49. The lowest BCUT2D eigenvalue weighted by molar-refractivity contribution is -0.155. The molecule has 5 aliphatic heterocycles. The molecule has 1 atom stereocenters. The van der Waals surface area contributed by atoms with Crippen molar-refractivity contribution in [1.29, 1.82) is 5.26 Å². The van der Waals surface area contributed by atoms with Crippen molar-refractivity contribution in [3.8, 4) is 22.9 Å². The number of ether oxygens (including phenoxy) is 1. The van der Waals surface area contributed by atoms with Gasteiger partial charge in [-0.05, 0) is 130 Å². The third kappa shape index (κ3) is 9.68. The van der Waals surface area contributed by atoms with Crippen molar-refractivity contribution in [2.45, 2.75) is 101 Å². The molecule has 0 bridgehead atoms. The van der Waals surface area contributed by atoms with Crippen molar-refractivity contribution in [3.63, 3.8) is 0 Å². The second-order valence-corrected chi connectivity index (χ2v) is 22.6. The Morgan fingerprint density at radius 3 is 2.38 bits per heavy atom. The van der Waals surface area contributed by atoms with E-state index in [0.717, 1.165) is 111 Å². The van der Waals surface area contributed by atoms with E-state index in [4.69, 9.17) is 9.72 Å². The predicted molar refractivity (Wildman–Crippen MR) is 280 cm³/mol. The molecular weight excluding hydrogens is 985 g/mol. The first kappa shape index (κ1) is 50.5. The Balaban J connectivity index is 0.625. The molecule has 2 N–H and O–H groups in total. The number of amides is 5. The highest BCUT2D eigenvalue weighted by Gasteiger charge is 2.57. The van der Waals surface area contributed by atoms with Gasteiger partial charge >= 0.3 is 0 Å². The lowest BCUT2D eigenvalue weighted by Crippen LogP contribution is -2.64. The van der Waals surface area contributed by atoms with E-state index < -0.39 is 35.0 Å². The van der Waals surface area contributed by atoms with Crippen LogP contribution in [0.1, 0.15) is 114 Å². The molecule has 5 aromatic rings. The third-order valence-corrected chi connectivity index (χ3v) is 18.0. The summed E-state index contributed by atoms with van der Waals surface area (Å²) in [5.74, 6) is -0.938. The molecule has 12 rings (SSSR count). The number of nitrogens with zero attached hydrogens (tertiary/aromatic N) is 9. The molecular formula is C58H63F2N11O6. The molecule has 17 nitrogen and oxygen atoms in total. The number of carbonyl (C=O) groups excluding carboxylic acids is 5. The number of piperazine rings is 1. The quantitative estimate of drug-likeness (QED) is 0.138. The van der Waals surface area contributed by atoms with Crippen molar-refractivity contribution >= 4 is 40.9 Å². The Morgan fingerprint density at radius 2 is 1.66 bits per heavy atom. The van der Waals surface area contributed by atoms with Gasteiger partial charge in [0.05, 0.1) is 41.2 Å². The first-order chi connectivity index (χ1) is 37.3. The fourth-order valence-electron chi connectivity index (χ4n) is 13.8. The van der Waals surface area contributed by atoms with Crippen LogP contribution >= 0.6 is 0 Å². The highest BCUT2D eigenvalue weighted by molar-refractivity contribution is 6.05. The fourth-order valence-corrected chi connectivity index (χ4v) is 13.8. The van der Waals surface area contributed by atoms with Crippen molar-refractivity contribution < 1.29 is 37.5 Å². The molecule has 7 aliphatic rings. The average Bonchev–Trinajstić information content (AvgIpc) is 4.03. The van der Waals surface area contributed by atoms with Gasteiger partial charge in [0.25, 0.3) is 11.8 Å². The predicted octanol–water partition coefficient (Wildman–Crippen LogP) is 6.06. The number of rotatable bonds is 12. The van der Waals surface area contributed by atoms with Crippen LogP contribution in [-0.4, -0.2) is 147 Å². The first-order valence-electron chi connectivity index (χ1n) is 27.3. The number of carbonyl (C=O) groups is 5. The SMILES string of the molecule is CCOc1cc(-c2ccc(N3CCC(CN4CCN(C5CC6(CC(C(=O)N7CCC(c8ccc9c(c8)CN(C8CCC(=O)NC8=O)C9=O)CC7)C6)C5)CC4)(NC(=O)c4cc(F)ccc4F)CC3)nc2)c2c(C#N)cnn2c1. The number of halogens is 2. The van der Waals surface area contributed by atoms with Crippen LogP contribution in [0.25, 0.3) is 16.6 Å². The number of hydrogen-bond donors (Lipinski definition) is 2. The van der Waals surface area contributed by atoms with Gasteiger partial charge < -0.3 is 24.8 Å². The molecule has 1 unspecified atom stereocenters. The van der Waals surface area contributed by atoms with Gasteiger partial charge in [-0.2, -0.15) is 10.4 Å². The number of benzene rings is 2. The molecule has 6 fully saturated rings. The van der Waals surface area contributed by atoms with Crippen LogP contribution in [0.3, 0.4) is 0 Å². The fraction of sp³-hybridized carbons (Fsp3) is 0.483. The Kier molecular flexibility index (Phi) is 13.3. The molecule has 3 aromatic heterocycles. The minimum absolute atomic E-state index is 0.0684. The average molecular weight is 1050 g/mol. The normalized spacial score (nSPS) is 24.8. The Labute approximate surface area is 445 Å². The number of nitrogens with one attached hydrogen (secondary N) is 2. The zero-order valence-corrected chi connectivity index (χ0v) is 43.3. The summed E-state index contributed by atoms with van der Waals surface area (Å²) < 4.78 is 36.8. The molecule has 2 saturated carbocycles. The van der Waals surface area contributed by atoms with E-state index in [9.17, 15) is 38.0 Å². The summed E-state index contributed by atoms with van der Waals surface area (Å²) in [6.45, 7) is 9.27. The number of nitriles is 1. The Bertz CT molecular complexity index is 3190. The van der Waals surface area contributed by atoms with Crippen LogP contribution in [0.15, 0.2) is 73.2 Å². The largest absolute Gasteiger partial charge is 0.492 e. The van der Waals surface area contributed by atoms with Gasteiger partial charge in [-0.1, -0.05) is 12.1 Å². The number of likely N-dealkylation sites (tertiary alicyclic amines) is 1. The topological polar surface area (TPSA) is 189 Å². The summed E-state index contributed by atoms with van der Waals surface area (Å²) >= 11 is 0. The number of hydrogen-bond acceptors (Lipinski definition) is 12. The molecule has 19 heteroatoms. The summed E-state index contributed by atoms with van der Waals surface area (Å²) in [5.41, 5.74) is 4.60. The molecule has 2 aliphatic carbocycles. The van der Waals surface area contributed by atoms with Crippen LogP contribution in [0.2, 0.25) is 0 Å². The minimum atomic E-state index is -0.770. The van der Waals surface area contributed by atoms with Gasteiger partial charge in [0.15, 0.2) is 0 Å². The van der Waals surface area contributed by atoms with E-state index in [-0.39, 0.29) is 47.0 Å². The molecule has 5 amide bonds. The van der Waals surface area contributed by atoms with Gasteiger partial charge in [-0.3, -0.25) is 39.1 Å². The molecule has 77 heavy (non-hydrogen) atoms. The number of aromatic nitrogens is 3. The number of piperidine rings is 3.